The number of ether oxygens (including phenoxy) is 1. The normalized spacial score (nSPS) is 11.3. The fourth-order valence-electron chi connectivity index (χ4n) is 1.69. The van der Waals surface area contributed by atoms with Gasteiger partial charge in [-0.25, -0.2) is 4.98 Å². The van der Waals surface area contributed by atoms with Crippen molar-refractivity contribution in [2.75, 3.05) is 12.4 Å². The van der Waals surface area contributed by atoms with E-state index in [9.17, 15) is 13.2 Å². The van der Waals surface area contributed by atoms with E-state index in [-0.39, 0.29) is 4.47 Å². The third-order valence-corrected chi connectivity index (χ3v) is 3.47. The third-order valence-electron chi connectivity index (χ3n) is 2.78. The molecule has 2 aromatic rings. The van der Waals surface area contributed by atoms with Crippen LogP contribution in [0.25, 0.3) is 0 Å². The number of pyridine rings is 1. The maximum Gasteiger partial charge on any atom is 0.417 e. The highest BCUT2D eigenvalue weighted by atomic mass is 79.9. The number of aromatic nitrogens is 1. The van der Waals surface area contributed by atoms with Gasteiger partial charge in [0, 0.05) is 29.0 Å². The van der Waals surface area contributed by atoms with Gasteiger partial charge in [0.15, 0.2) is 0 Å². The maximum atomic E-state index is 12.8. The quantitative estimate of drug-likeness (QED) is 0.872. The highest BCUT2D eigenvalue weighted by Crippen LogP contribution is 2.36. The van der Waals surface area contributed by atoms with Crippen molar-refractivity contribution in [1.29, 1.82) is 0 Å². The monoisotopic (exact) mass is 360 g/mol. The van der Waals surface area contributed by atoms with Crippen molar-refractivity contribution in [2.24, 2.45) is 0 Å². The number of nitrogens with one attached hydrogen (secondary N) is 1. The van der Waals surface area contributed by atoms with Crippen LogP contribution in [-0.2, 0) is 12.7 Å². The summed E-state index contributed by atoms with van der Waals surface area (Å²) < 4.78 is 43.3. The number of alkyl halides is 3. The Kier molecular flexibility index (Phi) is 4.72. The summed E-state index contributed by atoms with van der Waals surface area (Å²) in [5.41, 5.74) is 0.522. The van der Waals surface area contributed by atoms with E-state index >= 15 is 0 Å². The van der Waals surface area contributed by atoms with Crippen LogP contribution in [0.1, 0.15) is 11.1 Å². The van der Waals surface area contributed by atoms with Gasteiger partial charge in [-0.1, -0.05) is 22.0 Å². The molecule has 2 rings (SSSR count). The standard InChI is InChI=1S/C14H12BrF3N2O/c1-21-13-5-2-9(8-20-13)7-19-10-3-4-12(15)11(6-10)14(16,17)18/h2-6,8,19H,7H2,1H3. The molecule has 112 valence electrons. The molecule has 0 radical (unpaired) electrons. The summed E-state index contributed by atoms with van der Waals surface area (Å²) in [6, 6.07) is 7.51. The minimum atomic E-state index is -4.39. The summed E-state index contributed by atoms with van der Waals surface area (Å²) in [5.74, 6) is 0.488. The van der Waals surface area contributed by atoms with Crippen LogP contribution >= 0.6 is 15.9 Å². The third kappa shape index (κ3) is 4.10. The molecule has 21 heavy (non-hydrogen) atoms. The van der Waals surface area contributed by atoms with E-state index < -0.39 is 11.7 Å². The molecule has 0 fully saturated rings. The van der Waals surface area contributed by atoms with Crippen LogP contribution in [0.4, 0.5) is 18.9 Å². The predicted octanol–water partition coefficient (Wildman–Crippen LogP) is 4.48. The van der Waals surface area contributed by atoms with E-state index in [1.807, 2.05) is 0 Å². The van der Waals surface area contributed by atoms with Crippen LogP contribution < -0.4 is 10.1 Å². The fourth-order valence-corrected chi connectivity index (χ4v) is 2.16. The van der Waals surface area contributed by atoms with Crippen molar-refractivity contribution in [1.82, 2.24) is 4.98 Å². The molecule has 0 saturated carbocycles. The van der Waals surface area contributed by atoms with Gasteiger partial charge >= 0.3 is 6.18 Å². The van der Waals surface area contributed by atoms with Gasteiger partial charge in [-0.05, 0) is 23.8 Å². The van der Waals surface area contributed by atoms with Crippen molar-refractivity contribution >= 4 is 21.6 Å². The molecule has 1 N–H and O–H groups in total. The molecule has 1 aromatic heterocycles. The van der Waals surface area contributed by atoms with E-state index in [4.69, 9.17) is 4.74 Å². The molecule has 1 aromatic carbocycles. The summed E-state index contributed by atoms with van der Waals surface area (Å²) in [7, 11) is 1.51. The first-order chi connectivity index (χ1) is 9.90. The minimum absolute atomic E-state index is 0.0201. The Morgan fingerprint density at radius 1 is 1.24 bits per heavy atom. The summed E-state index contributed by atoms with van der Waals surface area (Å²) in [5, 5.41) is 2.94. The van der Waals surface area contributed by atoms with E-state index in [2.05, 4.69) is 26.2 Å². The lowest BCUT2D eigenvalue weighted by Crippen LogP contribution is -2.07. The molecular formula is C14H12BrF3N2O. The van der Waals surface area contributed by atoms with Gasteiger partial charge in [-0.2, -0.15) is 13.2 Å². The summed E-state index contributed by atoms with van der Waals surface area (Å²) >= 11 is 2.91. The van der Waals surface area contributed by atoms with Gasteiger partial charge in [0.2, 0.25) is 5.88 Å². The second-order valence-electron chi connectivity index (χ2n) is 4.25. The van der Waals surface area contributed by atoms with E-state index in [1.54, 1.807) is 24.4 Å². The number of rotatable bonds is 4. The fraction of sp³-hybridized carbons (Fsp3) is 0.214. The Hall–Kier alpha value is -1.76. The van der Waals surface area contributed by atoms with E-state index in [0.717, 1.165) is 11.6 Å². The molecule has 0 aliphatic rings. The molecule has 7 heteroatoms. The summed E-state index contributed by atoms with van der Waals surface area (Å²) in [6.45, 7) is 0.371. The molecule has 0 bridgehead atoms. The molecule has 0 saturated heterocycles. The number of nitrogens with zero attached hydrogens (tertiary/aromatic N) is 1. The Morgan fingerprint density at radius 3 is 2.57 bits per heavy atom. The summed E-state index contributed by atoms with van der Waals surface area (Å²) in [4.78, 5) is 4.03. The van der Waals surface area contributed by atoms with Crippen LogP contribution in [0.15, 0.2) is 41.0 Å². The second-order valence-corrected chi connectivity index (χ2v) is 5.11. The van der Waals surface area contributed by atoms with Gasteiger partial charge in [-0.15, -0.1) is 0 Å². The number of halogens is 4. The zero-order valence-electron chi connectivity index (χ0n) is 11.0. The van der Waals surface area contributed by atoms with Crippen LogP contribution in [0.3, 0.4) is 0 Å². The molecular weight excluding hydrogens is 349 g/mol. The highest BCUT2D eigenvalue weighted by Gasteiger charge is 2.33. The smallest absolute Gasteiger partial charge is 0.417 e. The van der Waals surface area contributed by atoms with Crippen LogP contribution in [0.5, 0.6) is 5.88 Å². The Balaban J connectivity index is 2.09. The Labute approximate surface area is 128 Å². The largest absolute Gasteiger partial charge is 0.481 e. The molecule has 0 amide bonds. The molecule has 3 nitrogen and oxygen atoms in total. The Bertz CT molecular complexity index is 615. The first-order valence-corrected chi connectivity index (χ1v) is 6.79. The maximum absolute atomic E-state index is 12.8. The minimum Gasteiger partial charge on any atom is -0.481 e. The van der Waals surface area contributed by atoms with E-state index in [1.165, 1.54) is 13.2 Å². The predicted molar refractivity (Wildman–Crippen MR) is 77.3 cm³/mol. The van der Waals surface area contributed by atoms with Crippen molar-refractivity contribution in [3.05, 3.63) is 52.1 Å². The SMILES string of the molecule is COc1ccc(CNc2ccc(Br)c(C(F)(F)F)c2)cn1. The number of anilines is 1. The van der Waals surface area contributed by atoms with Gasteiger partial charge in [0.25, 0.3) is 0 Å². The molecule has 0 aliphatic heterocycles. The lowest BCUT2D eigenvalue weighted by atomic mass is 10.2. The zero-order chi connectivity index (χ0) is 15.5. The first-order valence-electron chi connectivity index (χ1n) is 5.99. The average molecular weight is 361 g/mol. The van der Waals surface area contributed by atoms with Gasteiger partial charge in [-0.3, -0.25) is 0 Å². The topological polar surface area (TPSA) is 34.1 Å². The van der Waals surface area contributed by atoms with E-state index in [0.29, 0.717) is 18.1 Å². The highest BCUT2D eigenvalue weighted by molar-refractivity contribution is 9.10. The first kappa shape index (κ1) is 15.6. The molecule has 0 aliphatic carbocycles. The number of benzene rings is 1. The van der Waals surface area contributed by atoms with Crippen molar-refractivity contribution in [3.8, 4) is 5.88 Å². The van der Waals surface area contributed by atoms with Crippen molar-refractivity contribution in [3.63, 3.8) is 0 Å². The lowest BCUT2D eigenvalue weighted by molar-refractivity contribution is -0.138. The average Bonchev–Trinajstić information content (AvgIpc) is 2.45. The van der Waals surface area contributed by atoms with Crippen LogP contribution in [0, 0.1) is 0 Å². The van der Waals surface area contributed by atoms with Crippen LogP contribution in [-0.4, -0.2) is 12.1 Å². The zero-order valence-corrected chi connectivity index (χ0v) is 12.6. The van der Waals surface area contributed by atoms with Gasteiger partial charge < -0.3 is 10.1 Å². The number of methoxy groups -OCH3 is 1. The van der Waals surface area contributed by atoms with Crippen LogP contribution in [0.2, 0.25) is 0 Å². The summed E-state index contributed by atoms with van der Waals surface area (Å²) in [6.07, 6.45) is -2.78. The molecule has 1 heterocycles. The number of hydrogen-bond acceptors (Lipinski definition) is 3. The molecule has 0 atom stereocenters. The Morgan fingerprint density at radius 2 is 2.00 bits per heavy atom. The molecule has 0 unspecified atom stereocenters. The molecule has 0 spiro atoms. The van der Waals surface area contributed by atoms with Crippen molar-refractivity contribution in [2.45, 2.75) is 12.7 Å². The number of hydrogen-bond donors (Lipinski definition) is 1. The van der Waals surface area contributed by atoms with Gasteiger partial charge in [0.05, 0.1) is 12.7 Å². The lowest BCUT2D eigenvalue weighted by Gasteiger charge is -2.12. The second kappa shape index (κ2) is 6.34. The van der Waals surface area contributed by atoms with Crippen molar-refractivity contribution < 1.29 is 17.9 Å². The van der Waals surface area contributed by atoms with Gasteiger partial charge in [0.1, 0.15) is 0 Å².